The van der Waals surface area contributed by atoms with Gasteiger partial charge < -0.3 is 5.11 Å². The summed E-state index contributed by atoms with van der Waals surface area (Å²) < 4.78 is 1.91. The molecular weight excluding hydrogens is 280 g/mol. The quantitative estimate of drug-likeness (QED) is 0.724. The van der Waals surface area contributed by atoms with Gasteiger partial charge in [-0.1, -0.05) is 38.2 Å². The number of aromatic nitrogens is 6. The largest absolute Gasteiger partial charge is 0.476 e. The van der Waals surface area contributed by atoms with Gasteiger partial charge in [-0.2, -0.15) is 5.10 Å². The van der Waals surface area contributed by atoms with Crippen LogP contribution in [-0.4, -0.2) is 41.5 Å². The number of nitrogens with zero attached hydrogens (tertiary/aromatic N) is 4. The van der Waals surface area contributed by atoms with Gasteiger partial charge in [-0.3, -0.25) is 5.10 Å². The molecule has 2 aromatic rings. The second-order valence-corrected chi connectivity index (χ2v) is 5.34. The third-order valence-corrected chi connectivity index (χ3v) is 3.31. The number of nitrogens with one attached hydrogen (secondary N) is 2. The zero-order valence-electron chi connectivity index (χ0n) is 11.4. The van der Waals surface area contributed by atoms with E-state index < -0.39 is 5.97 Å². The van der Waals surface area contributed by atoms with E-state index in [2.05, 4.69) is 25.7 Å². The van der Waals surface area contributed by atoms with E-state index in [1.165, 1.54) is 4.68 Å². The van der Waals surface area contributed by atoms with E-state index in [-0.39, 0.29) is 17.5 Å². The predicted molar refractivity (Wildman–Crippen MR) is 73.3 cm³/mol. The van der Waals surface area contributed by atoms with Gasteiger partial charge in [-0.25, -0.2) is 14.7 Å². The van der Waals surface area contributed by atoms with Gasteiger partial charge >= 0.3 is 5.97 Å². The highest BCUT2D eigenvalue weighted by Gasteiger charge is 2.23. The van der Waals surface area contributed by atoms with Crippen molar-refractivity contribution in [1.29, 1.82) is 0 Å². The Labute approximate surface area is 120 Å². The molecule has 1 atom stereocenters. The van der Waals surface area contributed by atoms with E-state index in [1.54, 1.807) is 0 Å². The van der Waals surface area contributed by atoms with E-state index in [1.807, 2.05) is 20.8 Å². The lowest BCUT2D eigenvalue weighted by Crippen LogP contribution is -2.16. The summed E-state index contributed by atoms with van der Waals surface area (Å²) in [5, 5.41) is 26.6. The Kier molecular flexibility index (Phi) is 3.98. The molecule has 1 unspecified atom stereocenters. The Morgan fingerprint density at radius 1 is 1.40 bits per heavy atom. The minimum Gasteiger partial charge on any atom is -0.476 e. The minimum absolute atomic E-state index is 0.00149. The number of aromatic amines is 2. The second kappa shape index (κ2) is 5.53. The number of H-pyrrole nitrogens is 2. The predicted octanol–water partition coefficient (Wildman–Crippen LogP) is 1.68. The SMILES string of the molecule is CC(C)c1nnn(CC(C)c2n[nH][nH]c2=S)c1C(=O)O. The third-order valence-electron chi connectivity index (χ3n) is 3.00. The van der Waals surface area contributed by atoms with Crippen LogP contribution in [0.1, 0.15) is 54.5 Å². The van der Waals surface area contributed by atoms with Crippen LogP contribution in [0.4, 0.5) is 0 Å². The maximum atomic E-state index is 11.4. The number of hydrogen-bond acceptors (Lipinski definition) is 5. The first kappa shape index (κ1) is 14.4. The topological polar surface area (TPSA) is 112 Å². The van der Waals surface area contributed by atoms with Crippen molar-refractivity contribution < 1.29 is 9.90 Å². The van der Waals surface area contributed by atoms with Gasteiger partial charge in [-0.05, 0) is 5.92 Å². The van der Waals surface area contributed by atoms with Crippen molar-refractivity contribution >= 4 is 18.2 Å². The molecule has 0 amide bonds. The van der Waals surface area contributed by atoms with Crippen molar-refractivity contribution in [1.82, 2.24) is 30.4 Å². The summed E-state index contributed by atoms with van der Waals surface area (Å²) in [6.45, 7) is 6.02. The molecule has 0 fully saturated rings. The van der Waals surface area contributed by atoms with Crippen LogP contribution < -0.4 is 0 Å². The fourth-order valence-electron chi connectivity index (χ4n) is 2.00. The average Bonchev–Trinajstić information content (AvgIpc) is 2.95. The van der Waals surface area contributed by atoms with Crippen LogP contribution in [0.15, 0.2) is 0 Å². The van der Waals surface area contributed by atoms with Crippen LogP contribution in [-0.2, 0) is 6.54 Å². The van der Waals surface area contributed by atoms with Crippen LogP contribution >= 0.6 is 12.2 Å². The number of rotatable bonds is 5. The van der Waals surface area contributed by atoms with E-state index in [0.29, 0.717) is 22.6 Å². The summed E-state index contributed by atoms with van der Waals surface area (Å²) in [4.78, 5) is 11.4. The summed E-state index contributed by atoms with van der Waals surface area (Å²) in [6.07, 6.45) is 0. The molecule has 0 saturated carbocycles. The van der Waals surface area contributed by atoms with Crippen LogP contribution in [0.3, 0.4) is 0 Å². The van der Waals surface area contributed by atoms with Gasteiger partial charge in [0.15, 0.2) is 5.69 Å². The molecule has 0 aliphatic carbocycles. The fourth-order valence-corrected chi connectivity index (χ4v) is 2.29. The fraction of sp³-hybridized carbons (Fsp3) is 0.545. The normalized spacial score (nSPS) is 12.8. The average molecular weight is 296 g/mol. The zero-order valence-corrected chi connectivity index (χ0v) is 12.2. The van der Waals surface area contributed by atoms with Gasteiger partial charge in [0.25, 0.3) is 0 Å². The summed E-state index contributed by atoms with van der Waals surface area (Å²) in [6, 6.07) is 0. The van der Waals surface area contributed by atoms with Gasteiger partial charge in [0.2, 0.25) is 0 Å². The summed E-state index contributed by atoms with van der Waals surface area (Å²) in [5.74, 6) is -1.11. The van der Waals surface area contributed by atoms with Gasteiger partial charge in [0, 0.05) is 5.92 Å². The number of carboxylic acids is 1. The van der Waals surface area contributed by atoms with Crippen LogP contribution in [0.2, 0.25) is 0 Å². The Balaban J connectivity index is 2.32. The molecule has 108 valence electrons. The zero-order chi connectivity index (χ0) is 14.9. The first-order chi connectivity index (χ1) is 9.41. The Bertz CT molecular complexity index is 671. The van der Waals surface area contributed by atoms with Gasteiger partial charge in [0.1, 0.15) is 16.0 Å². The van der Waals surface area contributed by atoms with Gasteiger partial charge in [-0.15, -0.1) is 5.10 Å². The highest BCUT2D eigenvalue weighted by Crippen LogP contribution is 2.20. The van der Waals surface area contributed by atoms with Crippen molar-refractivity contribution in [3.8, 4) is 0 Å². The molecule has 20 heavy (non-hydrogen) atoms. The number of carbonyl (C=O) groups is 1. The molecule has 0 aromatic carbocycles. The minimum atomic E-state index is -1.03. The lowest BCUT2D eigenvalue weighted by atomic mass is 10.1. The van der Waals surface area contributed by atoms with Crippen molar-refractivity contribution in [3.05, 3.63) is 21.7 Å². The molecule has 0 spiro atoms. The van der Waals surface area contributed by atoms with Crippen molar-refractivity contribution in [3.63, 3.8) is 0 Å². The van der Waals surface area contributed by atoms with Crippen LogP contribution in [0.25, 0.3) is 0 Å². The first-order valence-corrected chi connectivity index (χ1v) is 6.62. The number of carboxylic acid groups (broad SMARTS) is 1. The molecule has 0 aliphatic heterocycles. The molecule has 0 radical (unpaired) electrons. The van der Waals surface area contributed by atoms with E-state index in [9.17, 15) is 9.90 Å². The molecule has 2 heterocycles. The summed E-state index contributed by atoms with van der Waals surface area (Å²) >= 11 is 5.10. The molecule has 0 saturated heterocycles. The van der Waals surface area contributed by atoms with E-state index in [0.717, 1.165) is 0 Å². The van der Waals surface area contributed by atoms with Crippen molar-refractivity contribution in [2.75, 3.05) is 0 Å². The standard InChI is InChI=1S/C11H16N6O2S/c1-5(2)7-9(11(18)19)17(16-13-7)4-6(3)8-10(20)14-15-12-8/h5-6H,4H2,1-3H3,(H,18,19)(H2,12,14,15,20). The van der Waals surface area contributed by atoms with Crippen molar-refractivity contribution in [2.45, 2.75) is 39.2 Å². The maximum Gasteiger partial charge on any atom is 0.356 e. The Morgan fingerprint density at radius 2 is 2.10 bits per heavy atom. The smallest absolute Gasteiger partial charge is 0.356 e. The third kappa shape index (κ3) is 2.62. The van der Waals surface area contributed by atoms with Crippen molar-refractivity contribution in [2.24, 2.45) is 0 Å². The molecule has 3 N–H and O–H groups in total. The molecule has 2 rings (SSSR count). The maximum absolute atomic E-state index is 11.4. The molecular formula is C11H16N6O2S. The first-order valence-electron chi connectivity index (χ1n) is 6.21. The highest BCUT2D eigenvalue weighted by atomic mass is 32.1. The Morgan fingerprint density at radius 3 is 2.60 bits per heavy atom. The molecule has 0 aliphatic rings. The van der Waals surface area contributed by atoms with E-state index in [4.69, 9.17) is 12.2 Å². The lowest BCUT2D eigenvalue weighted by molar-refractivity contribution is 0.0681. The summed E-state index contributed by atoms with van der Waals surface area (Å²) in [7, 11) is 0. The molecule has 9 heteroatoms. The summed E-state index contributed by atoms with van der Waals surface area (Å²) in [5.41, 5.74) is 1.28. The second-order valence-electron chi connectivity index (χ2n) is 4.93. The molecule has 0 bridgehead atoms. The molecule has 2 aromatic heterocycles. The highest BCUT2D eigenvalue weighted by molar-refractivity contribution is 7.71. The monoisotopic (exact) mass is 296 g/mol. The van der Waals surface area contributed by atoms with Gasteiger partial charge in [0.05, 0.1) is 6.54 Å². The van der Waals surface area contributed by atoms with E-state index >= 15 is 0 Å². The van der Waals surface area contributed by atoms with Crippen LogP contribution in [0.5, 0.6) is 0 Å². The Hall–Kier alpha value is -2.03. The lowest BCUT2D eigenvalue weighted by Gasteiger charge is -2.10. The molecule has 8 nitrogen and oxygen atoms in total. The number of hydrogen-bond donors (Lipinski definition) is 3. The number of aromatic carboxylic acids is 1. The van der Waals surface area contributed by atoms with Crippen LogP contribution in [0, 0.1) is 4.64 Å².